The van der Waals surface area contributed by atoms with Gasteiger partial charge in [0, 0.05) is 40.0 Å². The Morgan fingerprint density at radius 2 is 2.00 bits per heavy atom. The van der Waals surface area contributed by atoms with Gasteiger partial charge in [-0.3, -0.25) is 4.90 Å². The number of hydrogen-bond donors (Lipinski definition) is 1. The summed E-state index contributed by atoms with van der Waals surface area (Å²) in [6.07, 6.45) is 1.01. The molecule has 0 aromatic carbocycles. The highest BCUT2D eigenvalue weighted by atomic mass is 32.1. The molecule has 4 nitrogen and oxygen atoms in total. The maximum absolute atomic E-state index is 6.20. The number of nitrogens with zero attached hydrogens (tertiary/aromatic N) is 1. The summed E-state index contributed by atoms with van der Waals surface area (Å²) in [5.74, 6) is 0. The zero-order chi connectivity index (χ0) is 14.1. The van der Waals surface area contributed by atoms with E-state index in [1.165, 1.54) is 5.56 Å². The molecular formula is C14H26N2O2S. The Bertz CT molecular complexity index is 317. The number of nitrogens with two attached hydrogens (primary N) is 1. The van der Waals surface area contributed by atoms with Crippen molar-refractivity contribution in [2.24, 2.45) is 5.73 Å². The first kappa shape index (κ1) is 16.6. The Labute approximate surface area is 120 Å². The van der Waals surface area contributed by atoms with Crippen LogP contribution in [0, 0.1) is 0 Å². The van der Waals surface area contributed by atoms with Gasteiger partial charge < -0.3 is 15.2 Å². The van der Waals surface area contributed by atoms with Crippen molar-refractivity contribution >= 4 is 11.3 Å². The minimum absolute atomic E-state index is 0.0917. The quantitative estimate of drug-likeness (QED) is 0.669. The van der Waals surface area contributed by atoms with Gasteiger partial charge in [0.1, 0.15) is 0 Å². The van der Waals surface area contributed by atoms with Gasteiger partial charge in [0.2, 0.25) is 0 Å². The average molecular weight is 286 g/mol. The lowest BCUT2D eigenvalue weighted by Gasteiger charge is -2.34. The maximum Gasteiger partial charge on any atom is 0.0589 e. The molecule has 1 heterocycles. The third-order valence-corrected chi connectivity index (χ3v) is 3.85. The molecule has 0 saturated carbocycles. The fourth-order valence-corrected chi connectivity index (χ4v) is 2.99. The molecule has 1 rings (SSSR count). The van der Waals surface area contributed by atoms with Gasteiger partial charge in [-0.25, -0.2) is 0 Å². The summed E-state index contributed by atoms with van der Waals surface area (Å²) < 4.78 is 10.4. The molecule has 0 fully saturated rings. The zero-order valence-corrected chi connectivity index (χ0v) is 13.0. The Hall–Kier alpha value is -0.460. The lowest BCUT2D eigenvalue weighted by atomic mass is 10.0. The van der Waals surface area contributed by atoms with E-state index in [-0.39, 0.29) is 12.1 Å². The van der Waals surface area contributed by atoms with E-state index >= 15 is 0 Å². The van der Waals surface area contributed by atoms with E-state index in [2.05, 4.69) is 28.7 Å². The van der Waals surface area contributed by atoms with Gasteiger partial charge in [-0.2, -0.15) is 11.3 Å². The predicted molar refractivity (Wildman–Crippen MR) is 80.7 cm³/mol. The van der Waals surface area contributed by atoms with E-state index in [0.29, 0.717) is 0 Å². The van der Waals surface area contributed by atoms with Gasteiger partial charge in [-0.05, 0) is 35.7 Å². The molecule has 0 bridgehead atoms. The number of thiophene rings is 1. The second-order valence-electron chi connectivity index (χ2n) is 4.74. The van der Waals surface area contributed by atoms with E-state index in [9.17, 15) is 0 Å². The molecule has 1 aromatic heterocycles. The molecular weight excluding hydrogens is 260 g/mol. The second-order valence-corrected chi connectivity index (χ2v) is 5.52. The summed E-state index contributed by atoms with van der Waals surface area (Å²) in [6, 6.07) is 2.50. The van der Waals surface area contributed by atoms with Crippen molar-refractivity contribution in [3.05, 3.63) is 22.4 Å². The minimum Gasteiger partial charge on any atom is -0.385 e. The molecule has 110 valence electrons. The maximum atomic E-state index is 6.20. The number of hydrogen-bond acceptors (Lipinski definition) is 5. The van der Waals surface area contributed by atoms with Crippen molar-refractivity contribution in [3.63, 3.8) is 0 Å². The molecule has 1 aromatic rings. The van der Waals surface area contributed by atoms with Crippen LogP contribution in [-0.4, -0.2) is 51.5 Å². The highest BCUT2D eigenvalue weighted by Crippen LogP contribution is 2.25. The zero-order valence-electron chi connectivity index (χ0n) is 12.2. The van der Waals surface area contributed by atoms with Gasteiger partial charge >= 0.3 is 0 Å². The molecule has 0 aliphatic carbocycles. The SMILES string of the molecule is COCCCN(CCOC)C(c1ccsc1)C(C)N. The molecule has 0 saturated heterocycles. The fraction of sp³-hybridized carbons (Fsp3) is 0.714. The van der Waals surface area contributed by atoms with E-state index in [0.717, 1.165) is 32.7 Å². The third-order valence-electron chi connectivity index (χ3n) is 3.15. The van der Waals surface area contributed by atoms with Crippen LogP contribution in [0.15, 0.2) is 16.8 Å². The number of rotatable bonds is 10. The van der Waals surface area contributed by atoms with Crippen LogP contribution in [0.3, 0.4) is 0 Å². The summed E-state index contributed by atoms with van der Waals surface area (Å²) in [4.78, 5) is 2.40. The van der Waals surface area contributed by atoms with Crippen LogP contribution in [0.2, 0.25) is 0 Å². The topological polar surface area (TPSA) is 47.7 Å². The van der Waals surface area contributed by atoms with Crippen molar-refractivity contribution in [1.29, 1.82) is 0 Å². The van der Waals surface area contributed by atoms with Crippen LogP contribution in [-0.2, 0) is 9.47 Å². The molecule has 0 amide bonds. The summed E-state index contributed by atoms with van der Waals surface area (Å²) in [6.45, 7) is 5.43. The first-order valence-corrected chi connectivity index (χ1v) is 7.64. The van der Waals surface area contributed by atoms with E-state index in [1.807, 2.05) is 0 Å². The Balaban J connectivity index is 2.72. The molecule has 0 radical (unpaired) electrons. The average Bonchev–Trinajstić information content (AvgIpc) is 2.89. The van der Waals surface area contributed by atoms with Gasteiger partial charge in [-0.15, -0.1) is 0 Å². The number of methoxy groups -OCH3 is 2. The smallest absolute Gasteiger partial charge is 0.0589 e. The van der Waals surface area contributed by atoms with Crippen LogP contribution in [0.5, 0.6) is 0 Å². The van der Waals surface area contributed by atoms with Crippen LogP contribution < -0.4 is 5.73 Å². The van der Waals surface area contributed by atoms with Gasteiger partial charge in [0.25, 0.3) is 0 Å². The van der Waals surface area contributed by atoms with Crippen LogP contribution in [0.25, 0.3) is 0 Å². The Kier molecular flexibility index (Phi) is 8.25. The molecule has 2 unspecified atom stereocenters. The predicted octanol–water partition coefficient (Wildman–Crippen LogP) is 2.12. The largest absolute Gasteiger partial charge is 0.385 e. The van der Waals surface area contributed by atoms with Crippen LogP contribution in [0.1, 0.15) is 24.9 Å². The fourth-order valence-electron chi connectivity index (χ4n) is 2.30. The van der Waals surface area contributed by atoms with Gasteiger partial charge in [-0.1, -0.05) is 0 Å². The molecule has 5 heteroatoms. The standard InChI is InChI=1S/C14H26N2O2S/c1-12(15)14(13-5-10-19-11-13)16(7-9-18-3)6-4-8-17-2/h5,10-12,14H,4,6-9,15H2,1-3H3. The molecule has 0 aliphatic rings. The van der Waals surface area contributed by atoms with Gasteiger partial charge in [0.15, 0.2) is 0 Å². The summed E-state index contributed by atoms with van der Waals surface area (Å²) in [7, 11) is 3.47. The van der Waals surface area contributed by atoms with Gasteiger partial charge in [0.05, 0.1) is 12.6 Å². The van der Waals surface area contributed by atoms with Crippen LogP contribution in [0.4, 0.5) is 0 Å². The first-order chi connectivity index (χ1) is 9.20. The van der Waals surface area contributed by atoms with Crippen molar-refractivity contribution in [2.75, 3.05) is 40.5 Å². The van der Waals surface area contributed by atoms with Crippen molar-refractivity contribution in [3.8, 4) is 0 Å². The van der Waals surface area contributed by atoms with Crippen molar-refractivity contribution in [2.45, 2.75) is 25.4 Å². The number of ether oxygens (including phenoxy) is 2. The lowest BCUT2D eigenvalue weighted by molar-refractivity contribution is 0.0982. The third kappa shape index (κ3) is 5.58. The Morgan fingerprint density at radius 1 is 1.26 bits per heavy atom. The van der Waals surface area contributed by atoms with Crippen molar-refractivity contribution < 1.29 is 9.47 Å². The molecule has 19 heavy (non-hydrogen) atoms. The van der Waals surface area contributed by atoms with Crippen molar-refractivity contribution in [1.82, 2.24) is 4.90 Å². The van der Waals surface area contributed by atoms with E-state index in [4.69, 9.17) is 15.2 Å². The molecule has 0 aliphatic heterocycles. The van der Waals surface area contributed by atoms with Crippen LogP contribution >= 0.6 is 11.3 Å². The summed E-state index contributed by atoms with van der Waals surface area (Å²) >= 11 is 1.72. The summed E-state index contributed by atoms with van der Waals surface area (Å²) in [5, 5.41) is 4.29. The van der Waals surface area contributed by atoms with E-state index < -0.39 is 0 Å². The lowest BCUT2D eigenvalue weighted by Crippen LogP contribution is -2.41. The summed E-state index contributed by atoms with van der Waals surface area (Å²) in [5.41, 5.74) is 7.50. The normalized spacial score (nSPS) is 14.8. The highest BCUT2D eigenvalue weighted by Gasteiger charge is 2.23. The first-order valence-electron chi connectivity index (χ1n) is 6.70. The van der Waals surface area contributed by atoms with E-state index in [1.54, 1.807) is 25.6 Å². The Morgan fingerprint density at radius 3 is 2.53 bits per heavy atom. The molecule has 2 atom stereocenters. The monoisotopic (exact) mass is 286 g/mol. The highest BCUT2D eigenvalue weighted by molar-refractivity contribution is 7.07. The molecule has 0 spiro atoms. The molecule has 2 N–H and O–H groups in total. The second kappa shape index (κ2) is 9.44. The minimum atomic E-state index is 0.0917.